The molecule has 2 aromatic rings. The summed E-state index contributed by atoms with van der Waals surface area (Å²) in [7, 11) is 0. The van der Waals surface area contributed by atoms with Crippen LogP contribution in [0.25, 0.3) is 11.5 Å². The molecule has 0 aliphatic rings. The second kappa shape index (κ2) is 2.95. The van der Waals surface area contributed by atoms with E-state index in [0.29, 0.717) is 10.9 Å². The summed E-state index contributed by atoms with van der Waals surface area (Å²) < 4.78 is 12.0. The SMILES string of the molecule is [3H]c1nnc(-c2ccc(Cl)cc2)o1. The summed E-state index contributed by atoms with van der Waals surface area (Å²) in [6.07, 6.45) is -0.190. The number of rotatable bonds is 1. The summed E-state index contributed by atoms with van der Waals surface area (Å²) in [6.45, 7) is 0. The van der Waals surface area contributed by atoms with Crippen molar-refractivity contribution in [3.8, 4) is 11.5 Å². The highest BCUT2D eigenvalue weighted by molar-refractivity contribution is 6.30. The fourth-order valence-electron chi connectivity index (χ4n) is 0.859. The molecule has 0 amide bonds. The van der Waals surface area contributed by atoms with E-state index in [-0.39, 0.29) is 6.37 Å². The zero-order valence-corrected chi connectivity index (χ0v) is 6.75. The van der Waals surface area contributed by atoms with E-state index in [1.165, 1.54) is 0 Å². The molecule has 0 saturated heterocycles. The first-order chi connectivity index (χ1) is 6.25. The van der Waals surface area contributed by atoms with Crippen LogP contribution in [0.15, 0.2) is 35.1 Å². The van der Waals surface area contributed by atoms with Gasteiger partial charge in [0.2, 0.25) is 12.3 Å². The molecule has 0 bridgehead atoms. The Morgan fingerprint density at radius 3 is 2.67 bits per heavy atom. The predicted octanol–water partition coefficient (Wildman–Crippen LogP) is 2.39. The minimum Gasteiger partial charge on any atom is -0.423 e. The van der Waals surface area contributed by atoms with Crippen LogP contribution in [0, 0.1) is 0 Å². The van der Waals surface area contributed by atoms with Gasteiger partial charge in [0.05, 0.1) is 0 Å². The van der Waals surface area contributed by atoms with Crippen LogP contribution in [-0.2, 0) is 0 Å². The smallest absolute Gasteiger partial charge is 0.247 e. The first kappa shape index (κ1) is 6.20. The lowest BCUT2D eigenvalue weighted by Gasteiger charge is -1.92. The molecule has 2 rings (SSSR count). The van der Waals surface area contributed by atoms with Gasteiger partial charge in [0.25, 0.3) is 0 Å². The van der Waals surface area contributed by atoms with Crippen molar-refractivity contribution in [1.82, 2.24) is 10.2 Å². The quantitative estimate of drug-likeness (QED) is 0.680. The van der Waals surface area contributed by atoms with Gasteiger partial charge >= 0.3 is 0 Å². The molecule has 0 radical (unpaired) electrons. The molecule has 3 nitrogen and oxygen atoms in total. The molecule has 1 aromatic carbocycles. The predicted molar refractivity (Wildman–Crippen MR) is 44.7 cm³/mol. The molecule has 0 atom stereocenters. The van der Waals surface area contributed by atoms with Crippen molar-refractivity contribution in [2.24, 2.45) is 0 Å². The number of benzene rings is 1. The fourth-order valence-corrected chi connectivity index (χ4v) is 0.985. The zero-order valence-electron chi connectivity index (χ0n) is 6.99. The maximum Gasteiger partial charge on any atom is 0.247 e. The second-order valence-electron chi connectivity index (χ2n) is 2.21. The van der Waals surface area contributed by atoms with Crippen LogP contribution in [0.1, 0.15) is 1.37 Å². The van der Waals surface area contributed by atoms with Crippen molar-refractivity contribution >= 4 is 11.6 Å². The van der Waals surface area contributed by atoms with Crippen LogP contribution in [-0.4, -0.2) is 10.2 Å². The Kier molecular flexibility index (Phi) is 1.52. The first-order valence-corrected chi connectivity index (χ1v) is 3.69. The van der Waals surface area contributed by atoms with Crippen LogP contribution < -0.4 is 0 Å². The third-order valence-electron chi connectivity index (χ3n) is 1.42. The Hall–Kier alpha value is -1.35. The molecular weight excluding hydrogens is 176 g/mol. The van der Waals surface area contributed by atoms with Crippen LogP contribution in [0.5, 0.6) is 0 Å². The van der Waals surface area contributed by atoms with E-state index in [4.69, 9.17) is 17.4 Å². The van der Waals surface area contributed by atoms with Crippen LogP contribution >= 0.6 is 11.6 Å². The first-order valence-electron chi connectivity index (χ1n) is 3.82. The minimum absolute atomic E-state index is 0.190. The number of hydrogen-bond acceptors (Lipinski definition) is 3. The van der Waals surface area contributed by atoms with Gasteiger partial charge in [0, 0.05) is 10.6 Å². The highest BCUT2D eigenvalue weighted by atomic mass is 35.5. The van der Waals surface area contributed by atoms with E-state index in [1.54, 1.807) is 24.3 Å². The molecule has 0 unspecified atom stereocenters. The molecule has 60 valence electrons. The van der Waals surface area contributed by atoms with E-state index in [2.05, 4.69) is 10.2 Å². The topological polar surface area (TPSA) is 38.9 Å². The van der Waals surface area contributed by atoms with Crippen molar-refractivity contribution in [1.29, 1.82) is 0 Å². The minimum atomic E-state index is -0.190. The third kappa shape index (κ3) is 1.31. The maximum atomic E-state index is 7.04. The standard InChI is InChI=1S/C8H5ClN2O/c9-7-3-1-6(2-4-7)8-11-10-5-12-8/h1-5H/i5T. The van der Waals surface area contributed by atoms with E-state index < -0.39 is 0 Å². The van der Waals surface area contributed by atoms with Gasteiger partial charge < -0.3 is 4.42 Å². The average molecular weight is 183 g/mol. The Morgan fingerprint density at radius 2 is 2.08 bits per heavy atom. The van der Waals surface area contributed by atoms with Crippen molar-refractivity contribution < 1.29 is 5.79 Å². The lowest BCUT2D eigenvalue weighted by atomic mass is 10.2. The van der Waals surface area contributed by atoms with Crippen LogP contribution in [0.3, 0.4) is 0 Å². The monoisotopic (exact) mass is 182 g/mol. The molecule has 0 saturated carbocycles. The molecular formula is C8H5ClN2O. The average Bonchev–Trinajstić information content (AvgIpc) is 2.53. The molecule has 0 aliphatic heterocycles. The summed E-state index contributed by atoms with van der Waals surface area (Å²) in [5, 5.41) is 7.75. The molecule has 4 heteroatoms. The van der Waals surface area contributed by atoms with Gasteiger partial charge in [-0.25, -0.2) is 0 Å². The summed E-state index contributed by atoms with van der Waals surface area (Å²) in [6, 6.07) is 6.97. The molecule has 0 fully saturated rings. The number of halogens is 1. The number of nitrogens with zero attached hydrogens (tertiary/aromatic N) is 2. The van der Waals surface area contributed by atoms with E-state index in [9.17, 15) is 0 Å². The van der Waals surface area contributed by atoms with Gasteiger partial charge in [0.15, 0.2) is 0 Å². The van der Waals surface area contributed by atoms with E-state index in [1.807, 2.05) is 0 Å². The zero-order chi connectivity index (χ0) is 9.26. The van der Waals surface area contributed by atoms with Gasteiger partial charge in [-0.3, -0.25) is 0 Å². The van der Waals surface area contributed by atoms with Gasteiger partial charge in [0.1, 0.15) is 1.37 Å². The molecule has 1 heterocycles. The van der Waals surface area contributed by atoms with Gasteiger partial charge in [-0.2, -0.15) is 0 Å². The lowest BCUT2D eigenvalue weighted by molar-refractivity contribution is 0.568. The largest absolute Gasteiger partial charge is 0.423 e. The van der Waals surface area contributed by atoms with Crippen molar-refractivity contribution in [3.63, 3.8) is 0 Å². The third-order valence-corrected chi connectivity index (χ3v) is 1.67. The van der Waals surface area contributed by atoms with Crippen molar-refractivity contribution in [3.05, 3.63) is 35.7 Å². The van der Waals surface area contributed by atoms with E-state index in [0.717, 1.165) is 5.56 Å². The molecule has 0 aliphatic carbocycles. The summed E-state index contributed by atoms with van der Waals surface area (Å²) in [4.78, 5) is 0. The summed E-state index contributed by atoms with van der Waals surface area (Å²) in [5.74, 6) is 0.335. The highest BCUT2D eigenvalue weighted by Crippen LogP contribution is 2.18. The lowest BCUT2D eigenvalue weighted by Crippen LogP contribution is -1.76. The number of hydrogen-bond donors (Lipinski definition) is 0. The van der Waals surface area contributed by atoms with Crippen molar-refractivity contribution in [2.45, 2.75) is 0 Å². The Balaban J connectivity index is 2.41. The van der Waals surface area contributed by atoms with Gasteiger partial charge in [-0.05, 0) is 24.3 Å². The normalized spacial score (nSPS) is 11.2. The number of aromatic nitrogens is 2. The van der Waals surface area contributed by atoms with Crippen LogP contribution in [0.2, 0.25) is 5.02 Å². The highest BCUT2D eigenvalue weighted by Gasteiger charge is 2.01. The second-order valence-corrected chi connectivity index (χ2v) is 2.64. The molecule has 0 spiro atoms. The van der Waals surface area contributed by atoms with Crippen molar-refractivity contribution in [2.75, 3.05) is 0 Å². The summed E-state index contributed by atoms with van der Waals surface area (Å²) >= 11 is 5.70. The molecule has 1 aromatic heterocycles. The maximum absolute atomic E-state index is 7.04. The summed E-state index contributed by atoms with van der Waals surface area (Å²) in [5.41, 5.74) is 0.760. The Bertz CT molecular complexity index is 412. The Labute approximate surface area is 75.4 Å². The Morgan fingerprint density at radius 1 is 1.33 bits per heavy atom. The van der Waals surface area contributed by atoms with Gasteiger partial charge in [-0.15, -0.1) is 10.2 Å². The van der Waals surface area contributed by atoms with Gasteiger partial charge in [-0.1, -0.05) is 11.6 Å². The molecule has 12 heavy (non-hydrogen) atoms. The van der Waals surface area contributed by atoms with E-state index >= 15 is 0 Å². The van der Waals surface area contributed by atoms with Crippen LogP contribution in [0.4, 0.5) is 0 Å². The molecule has 0 N–H and O–H groups in total. The fraction of sp³-hybridized carbons (Fsp3) is 0.